The van der Waals surface area contributed by atoms with Crippen molar-refractivity contribution in [2.45, 2.75) is 0 Å². The van der Waals surface area contributed by atoms with Gasteiger partial charge in [-0.1, -0.05) is 6.07 Å². The van der Waals surface area contributed by atoms with Crippen LogP contribution in [-0.4, -0.2) is 61.8 Å². The Labute approximate surface area is 187 Å². The van der Waals surface area contributed by atoms with Crippen molar-refractivity contribution in [2.24, 2.45) is 0 Å². The second-order valence-corrected chi connectivity index (χ2v) is 7.13. The summed E-state index contributed by atoms with van der Waals surface area (Å²) in [6, 6.07) is 10.2. The number of carbonyl (C=O) groups excluding carboxylic acids is 1. The molecule has 1 aromatic carbocycles. The van der Waals surface area contributed by atoms with Crippen molar-refractivity contribution in [2.75, 3.05) is 36.4 Å². The van der Waals surface area contributed by atoms with Gasteiger partial charge in [0.2, 0.25) is 0 Å². The number of nitro groups is 2. The molecule has 0 saturated carbocycles. The highest BCUT2D eigenvalue weighted by Gasteiger charge is 2.26. The van der Waals surface area contributed by atoms with E-state index in [1.54, 1.807) is 12.3 Å². The zero-order valence-electron chi connectivity index (χ0n) is 17.2. The summed E-state index contributed by atoms with van der Waals surface area (Å²) in [5.74, 6) is 1.38. The highest BCUT2D eigenvalue weighted by Crippen LogP contribution is 2.25. The van der Waals surface area contributed by atoms with Gasteiger partial charge in [-0.25, -0.2) is 15.0 Å². The zero-order chi connectivity index (χ0) is 23.4. The summed E-state index contributed by atoms with van der Waals surface area (Å²) in [7, 11) is 0. The summed E-state index contributed by atoms with van der Waals surface area (Å²) in [6.07, 6.45) is 3.09. The normalized spacial score (nSPS) is 13.5. The molecule has 168 valence electrons. The molecule has 0 radical (unpaired) electrons. The van der Waals surface area contributed by atoms with E-state index in [0.717, 1.165) is 18.2 Å². The topological polar surface area (TPSA) is 161 Å². The van der Waals surface area contributed by atoms with E-state index in [1.807, 2.05) is 23.1 Å². The first-order valence-electron chi connectivity index (χ1n) is 9.89. The number of aromatic nitrogens is 3. The predicted octanol–water partition coefficient (Wildman–Crippen LogP) is 2.39. The number of hydrogen-bond donors (Lipinski definition) is 1. The Bertz CT molecular complexity index is 1170. The fraction of sp³-hybridized carbons (Fsp3) is 0.200. The quantitative estimate of drug-likeness (QED) is 0.436. The second kappa shape index (κ2) is 9.21. The number of amides is 1. The number of rotatable bonds is 6. The highest BCUT2D eigenvalue weighted by atomic mass is 16.6. The van der Waals surface area contributed by atoms with E-state index in [2.05, 4.69) is 20.3 Å². The molecule has 1 amide bonds. The van der Waals surface area contributed by atoms with E-state index < -0.39 is 27.1 Å². The van der Waals surface area contributed by atoms with Crippen LogP contribution in [0.15, 0.2) is 55.0 Å². The van der Waals surface area contributed by atoms with Crippen LogP contribution < -0.4 is 10.2 Å². The molecule has 0 unspecified atom stereocenters. The molecule has 0 aliphatic carbocycles. The molecule has 4 rings (SSSR count). The third-order valence-corrected chi connectivity index (χ3v) is 5.04. The van der Waals surface area contributed by atoms with Crippen LogP contribution in [0.1, 0.15) is 10.4 Å². The SMILES string of the molecule is O=C(c1cc([N+](=O)[O-])cc([N+](=O)[O-])c1)N1CCN(c2cc(Nc3ccccn3)ncn2)CC1. The maximum Gasteiger partial charge on any atom is 0.277 e. The third-order valence-electron chi connectivity index (χ3n) is 5.04. The minimum atomic E-state index is -0.757. The lowest BCUT2D eigenvalue weighted by Crippen LogP contribution is -2.49. The molecular weight excluding hydrogens is 432 g/mol. The Kier molecular flexibility index (Phi) is 6.02. The van der Waals surface area contributed by atoms with Gasteiger partial charge in [0, 0.05) is 50.6 Å². The Morgan fingerprint density at radius 1 is 0.879 bits per heavy atom. The molecule has 0 spiro atoms. The maximum absolute atomic E-state index is 12.9. The van der Waals surface area contributed by atoms with Crippen LogP contribution in [0.5, 0.6) is 0 Å². The molecule has 13 heteroatoms. The van der Waals surface area contributed by atoms with Gasteiger partial charge >= 0.3 is 0 Å². The molecule has 1 fully saturated rings. The molecule has 1 N–H and O–H groups in total. The van der Waals surface area contributed by atoms with Crippen molar-refractivity contribution in [3.05, 3.63) is 80.8 Å². The van der Waals surface area contributed by atoms with E-state index in [0.29, 0.717) is 43.6 Å². The van der Waals surface area contributed by atoms with Gasteiger partial charge in [-0.05, 0) is 12.1 Å². The van der Waals surface area contributed by atoms with Crippen LogP contribution in [-0.2, 0) is 0 Å². The van der Waals surface area contributed by atoms with Gasteiger partial charge in [-0.15, -0.1) is 0 Å². The molecule has 3 heterocycles. The number of nitrogens with zero attached hydrogens (tertiary/aromatic N) is 7. The van der Waals surface area contributed by atoms with Crippen molar-refractivity contribution in [3.8, 4) is 0 Å². The smallest absolute Gasteiger partial charge is 0.277 e. The van der Waals surface area contributed by atoms with Gasteiger partial charge in [-0.2, -0.15) is 0 Å². The van der Waals surface area contributed by atoms with E-state index in [4.69, 9.17) is 0 Å². The van der Waals surface area contributed by atoms with Crippen molar-refractivity contribution < 1.29 is 14.6 Å². The molecule has 0 atom stereocenters. The van der Waals surface area contributed by atoms with E-state index >= 15 is 0 Å². The van der Waals surface area contributed by atoms with Crippen molar-refractivity contribution in [3.63, 3.8) is 0 Å². The first kappa shape index (κ1) is 21.5. The largest absolute Gasteiger partial charge is 0.353 e. The van der Waals surface area contributed by atoms with Crippen molar-refractivity contribution in [1.82, 2.24) is 19.9 Å². The number of pyridine rings is 1. The average molecular weight is 450 g/mol. The molecule has 3 aromatic rings. The Morgan fingerprint density at radius 3 is 2.18 bits per heavy atom. The first-order chi connectivity index (χ1) is 15.9. The average Bonchev–Trinajstić information content (AvgIpc) is 2.84. The van der Waals surface area contributed by atoms with Gasteiger partial charge in [0.15, 0.2) is 0 Å². The molecule has 0 bridgehead atoms. The van der Waals surface area contributed by atoms with Gasteiger partial charge in [0.1, 0.15) is 23.8 Å². The van der Waals surface area contributed by atoms with Gasteiger partial charge in [-0.3, -0.25) is 25.0 Å². The Morgan fingerprint density at radius 2 is 1.58 bits per heavy atom. The summed E-state index contributed by atoms with van der Waals surface area (Å²) in [6.45, 7) is 1.57. The monoisotopic (exact) mass is 450 g/mol. The molecule has 1 aliphatic heterocycles. The molecule has 1 saturated heterocycles. The zero-order valence-corrected chi connectivity index (χ0v) is 17.2. The minimum absolute atomic E-state index is 0.0896. The number of nitro benzene ring substituents is 2. The summed E-state index contributed by atoms with van der Waals surface area (Å²) in [4.78, 5) is 49.7. The minimum Gasteiger partial charge on any atom is -0.353 e. The van der Waals surface area contributed by atoms with Crippen molar-refractivity contribution >= 4 is 34.7 Å². The lowest BCUT2D eigenvalue weighted by molar-refractivity contribution is -0.394. The summed E-state index contributed by atoms with van der Waals surface area (Å²) in [5, 5.41) is 25.3. The summed E-state index contributed by atoms with van der Waals surface area (Å²) >= 11 is 0. The molecule has 2 aromatic heterocycles. The number of anilines is 3. The van der Waals surface area contributed by atoms with Gasteiger partial charge in [0.25, 0.3) is 17.3 Å². The lowest BCUT2D eigenvalue weighted by atomic mass is 10.1. The van der Waals surface area contributed by atoms with Gasteiger partial charge in [0.05, 0.1) is 21.5 Å². The van der Waals surface area contributed by atoms with Crippen LogP contribution in [0.25, 0.3) is 0 Å². The molecule has 13 nitrogen and oxygen atoms in total. The van der Waals surface area contributed by atoms with Crippen LogP contribution in [0, 0.1) is 20.2 Å². The second-order valence-electron chi connectivity index (χ2n) is 7.13. The molecule has 33 heavy (non-hydrogen) atoms. The van der Waals surface area contributed by atoms with E-state index in [1.165, 1.54) is 11.2 Å². The fourth-order valence-electron chi connectivity index (χ4n) is 3.41. The van der Waals surface area contributed by atoms with Crippen LogP contribution in [0.3, 0.4) is 0 Å². The molecule has 1 aliphatic rings. The number of carbonyl (C=O) groups is 1. The fourth-order valence-corrected chi connectivity index (χ4v) is 3.41. The Balaban J connectivity index is 1.44. The number of piperazine rings is 1. The lowest BCUT2D eigenvalue weighted by Gasteiger charge is -2.35. The van der Waals surface area contributed by atoms with Crippen molar-refractivity contribution in [1.29, 1.82) is 0 Å². The number of hydrogen-bond acceptors (Lipinski definition) is 10. The maximum atomic E-state index is 12.9. The van der Waals surface area contributed by atoms with Crippen LogP contribution >= 0.6 is 0 Å². The van der Waals surface area contributed by atoms with E-state index in [-0.39, 0.29) is 5.56 Å². The predicted molar refractivity (Wildman–Crippen MR) is 117 cm³/mol. The number of nitrogens with one attached hydrogen (secondary N) is 1. The van der Waals surface area contributed by atoms with E-state index in [9.17, 15) is 25.0 Å². The standard InChI is InChI=1S/C20H18N8O5/c29-20(14-9-15(27(30)31)11-16(10-14)28(32)33)26-7-5-25(6-8-26)19-12-18(22-13-23-19)24-17-3-1-2-4-21-17/h1-4,9-13H,5-8H2,(H,21,22,23,24). The summed E-state index contributed by atoms with van der Waals surface area (Å²) in [5.41, 5.74) is -1.09. The van der Waals surface area contributed by atoms with Crippen LogP contribution in [0.4, 0.5) is 28.8 Å². The van der Waals surface area contributed by atoms with Crippen LogP contribution in [0.2, 0.25) is 0 Å². The van der Waals surface area contributed by atoms with Gasteiger partial charge < -0.3 is 15.1 Å². The number of non-ortho nitro benzene ring substituents is 2. The Hall–Kier alpha value is -4.68. The third kappa shape index (κ3) is 4.98. The summed E-state index contributed by atoms with van der Waals surface area (Å²) < 4.78 is 0. The molecular formula is C20H18N8O5. The first-order valence-corrected chi connectivity index (χ1v) is 9.89. The number of benzene rings is 1. The highest BCUT2D eigenvalue weighted by molar-refractivity contribution is 5.95.